The van der Waals surface area contributed by atoms with Crippen LogP contribution in [0.1, 0.15) is 28.4 Å². The molecule has 3 aromatic rings. The van der Waals surface area contributed by atoms with Crippen LogP contribution in [0.5, 0.6) is 0 Å². The second-order valence-corrected chi connectivity index (χ2v) is 5.50. The third-order valence-corrected chi connectivity index (χ3v) is 4.09. The maximum absolute atomic E-state index is 12.9. The van der Waals surface area contributed by atoms with E-state index in [0.29, 0.717) is 17.6 Å². The highest BCUT2D eigenvalue weighted by Gasteiger charge is 2.24. The fourth-order valence-corrected chi connectivity index (χ4v) is 2.86. The molecular formula is C19H19NO3. The Morgan fingerprint density at radius 1 is 1.13 bits per heavy atom. The van der Waals surface area contributed by atoms with Gasteiger partial charge in [-0.1, -0.05) is 48.5 Å². The molecule has 1 unspecified atom stereocenters. The molecule has 0 aliphatic heterocycles. The molecule has 0 saturated heterocycles. The number of hydrogen-bond acceptors (Lipinski definition) is 3. The van der Waals surface area contributed by atoms with Crippen molar-refractivity contribution < 1.29 is 14.3 Å². The van der Waals surface area contributed by atoms with E-state index in [1.54, 1.807) is 11.9 Å². The van der Waals surface area contributed by atoms with Gasteiger partial charge in [0.15, 0.2) is 0 Å². The predicted octanol–water partition coefficient (Wildman–Crippen LogP) is 3.63. The van der Waals surface area contributed by atoms with E-state index in [1.807, 2.05) is 54.6 Å². The van der Waals surface area contributed by atoms with Gasteiger partial charge in [0.2, 0.25) is 0 Å². The summed E-state index contributed by atoms with van der Waals surface area (Å²) in [4.78, 5) is 14.6. The lowest BCUT2D eigenvalue weighted by Gasteiger charge is -2.28. The van der Waals surface area contributed by atoms with Crippen LogP contribution < -0.4 is 0 Å². The fourth-order valence-electron chi connectivity index (χ4n) is 2.86. The van der Waals surface area contributed by atoms with Crippen LogP contribution in [0, 0.1) is 0 Å². The lowest BCUT2D eigenvalue weighted by Crippen LogP contribution is -2.31. The normalized spacial score (nSPS) is 12.3. The molecule has 23 heavy (non-hydrogen) atoms. The zero-order chi connectivity index (χ0) is 16.2. The number of carbonyl (C=O) groups is 1. The zero-order valence-electron chi connectivity index (χ0n) is 13.0. The summed E-state index contributed by atoms with van der Waals surface area (Å²) in [5.41, 5.74) is 2.25. The van der Waals surface area contributed by atoms with Gasteiger partial charge in [-0.05, 0) is 18.1 Å². The van der Waals surface area contributed by atoms with Gasteiger partial charge in [0.25, 0.3) is 5.91 Å². The Hall–Kier alpha value is -2.59. The number of benzene rings is 2. The summed E-state index contributed by atoms with van der Waals surface area (Å²) in [5, 5.41) is 10.2. The SMILES string of the molecule is CN(C(=O)c1coc2ccccc12)C(CCO)c1ccccc1. The second-order valence-electron chi connectivity index (χ2n) is 5.50. The number of amides is 1. The molecule has 0 aliphatic rings. The van der Waals surface area contributed by atoms with Crippen molar-refractivity contribution in [3.63, 3.8) is 0 Å². The molecule has 1 N–H and O–H groups in total. The molecule has 1 aromatic heterocycles. The first kappa shape index (κ1) is 15.3. The van der Waals surface area contributed by atoms with E-state index in [2.05, 4.69) is 0 Å². The van der Waals surface area contributed by atoms with Crippen molar-refractivity contribution in [2.45, 2.75) is 12.5 Å². The van der Waals surface area contributed by atoms with Crippen molar-refractivity contribution in [3.8, 4) is 0 Å². The summed E-state index contributed by atoms with van der Waals surface area (Å²) >= 11 is 0. The van der Waals surface area contributed by atoms with Gasteiger partial charge in [0.05, 0.1) is 11.6 Å². The summed E-state index contributed by atoms with van der Waals surface area (Å²) in [6.07, 6.45) is 1.99. The molecule has 0 fully saturated rings. The number of aliphatic hydroxyl groups excluding tert-OH is 1. The summed E-state index contributed by atoms with van der Waals surface area (Å²) in [6, 6.07) is 17.1. The Bertz CT molecular complexity index is 794. The molecule has 1 atom stereocenters. The fraction of sp³-hybridized carbons (Fsp3) is 0.211. The Kier molecular flexibility index (Phi) is 4.44. The molecule has 0 bridgehead atoms. The third kappa shape index (κ3) is 2.98. The third-order valence-electron chi connectivity index (χ3n) is 4.09. The number of para-hydroxylation sites is 1. The topological polar surface area (TPSA) is 53.7 Å². The Morgan fingerprint density at radius 3 is 2.57 bits per heavy atom. The number of rotatable bonds is 5. The van der Waals surface area contributed by atoms with Crippen molar-refractivity contribution in [2.24, 2.45) is 0 Å². The maximum Gasteiger partial charge on any atom is 0.258 e. The molecule has 0 radical (unpaired) electrons. The van der Waals surface area contributed by atoms with Gasteiger partial charge < -0.3 is 14.4 Å². The average molecular weight is 309 g/mol. The Balaban J connectivity index is 1.93. The van der Waals surface area contributed by atoms with Crippen LogP contribution in [0.15, 0.2) is 65.3 Å². The summed E-state index contributed by atoms with van der Waals surface area (Å²) in [5.74, 6) is -0.114. The van der Waals surface area contributed by atoms with Gasteiger partial charge in [0.1, 0.15) is 11.8 Å². The Morgan fingerprint density at radius 2 is 1.83 bits per heavy atom. The van der Waals surface area contributed by atoms with Crippen molar-refractivity contribution in [2.75, 3.05) is 13.7 Å². The highest BCUT2D eigenvalue weighted by Crippen LogP contribution is 2.27. The van der Waals surface area contributed by atoms with Crippen molar-refractivity contribution in [1.29, 1.82) is 0 Å². The maximum atomic E-state index is 12.9. The molecule has 118 valence electrons. The summed E-state index contributed by atoms with van der Waals surface area (Å²) in [7, 11) is 1.76. The number of aliphatic hydroxyl groups is 1. The largest absolute Gasteiger partial charge is 0.463 e. The molecule has 4 nitrogen and oxygen atoms in total. The summed E-state index contributed by atoms with van der Waals surface area (Å²) in [6.45, 7) is 0.0172. The standard InChI is InChI=1S/C19H19NO3/c1-20(17(11-12-21)14-7-3-2-4-8-14)19(22)16-13-23-18-10-6-5-9-15(16)18/h2-10,13,17,21H,11-12H2,1H3. The predicted molar refractivity (Wildman–Crippen MR) is 89.2 cm³/mol. The first-order valence-corrected chi connectivity index (χ1v) is 7.61. The molecule has 0 saturated carbocycles. The van der Waals surface area contributed by atoms with Crippen LogP contribution in [0.4, 0.5) is 0 Å². The van der Waals surface area contributed by atoms with Crippen LogP contribution >= 0.6 is 0 Å². The molecular weight excluding hydrogens is 290 g/mol. The molecule has 4 heteroatoms. The zero-order valence-corrected chi connectivity index (χ0v) is 13.0. The van der Waals surface area contributed by atoms with Crippen molar-refractivity contribution in [3.05, 3.63) is 72.0 Å². The molecule has 0 aliphatic carbocycles. The number of furan rings is 1. The minimum Gasteiger partial charge on any atom is -0.463 e. The lowest BCUT2D eigenvalue weighted by atomic mass is 10.0. The van der Waals surface area contributed by atoms with Gasteiger partial charge in [0, 0.05) is 19.0 Å². The van der Waals surface area contributed by atoms with E-state index in [-0.39, 0.29) is 18.6 Å². The lowest BCUT2D eigenvalue weighted by molar-refractivity contribution is 0.0706. The van der Waals surface area contributed by atoms with E-state index in [0.717, 1.165) is 10.9 Å². The molecule has 2 aromatic carbocycles. The van der Waals surface area contributed by atoms with Crippen LogP contribution in [0.25, 0.3) is 11.0 Å². The Labute approximate surface area is 135 Å². The smallest absolute Gasteiger partial charge is 0.258 e. The quantitative estimate of drug-likeness (QED) is 0.783. The first-order chi connectivity index (χ1) is 11.2. The number of fused-ring (bicyclic) bond motifs is 1. The minimum atomic E-state index is -0.178. The highest BCUT2D eigenvalue weighted by molar-refractivity contribution is 6.05. The number of hydrogen-bond donors (Lipinski definition) is 1. The van der Waals surface area contributed by atoms with Crippen molar-refractivity contribution in [1.82, 2.24) is 4.90 Å². The van der Waals surface area contributed by atoms with Gasteiger partial charge in [-0.2, -0.15) is 0 Å². The number of carbonyl (C=O) groups excluding carboxylic acids is 1. The van der Waals surface area contributed by atoms with E-state index in [4.69, 9.17) is 4.42 Å². The van der Waals surface area contributed by atoms with Crippen LogP contribution in [-0.4, -0.2) is 29.6 Å². The van der Waals surface area contributed by atoms with Crippen LogP contribution in [0.2, 0.25) is 0 Å². The summed E-state index contributed by atoms with van der Waals surface area (Å²) < 4.78 is 5.47. The van der Waals surface area contributed by atoms with Gasteiger partial charge in [-0.3, -0.25) is 4.79 Å². The van der Waals surface area contributed by atoms with Crippen molar-refractivity contribution >= 4 is 16.9 Å². The van der Waals surface area contributed by atoms with Gasteiger partial charge in [-0.15, -0.1) is 0 Å². The second kappa shape index (κ2) is 6.67. The first-order valence-electron chi connectivity index (χ1n) is 7.61. The van der Waals surface area contributed by atoms with E-state index in [1.165, 1.54) is 6.26 Å². The monoisotopic (exact) mass is 309 g/mol. The van der Waals surface area contributed by atoms with Crippen LogP contribution in [0.3, 0.4) is 0 Å². The van der Waals surface area contributed by atoms with E-state index in [9.17, 15) is 9.90 Å². The molecule has 3 rings (SSSR count). The number of nitrogens with zero attached hydrogens (tertiary/aromatic N) is 1. The average Bonchev–Trinajstić information content (AvgIpc) is 3.03. The molecule has 0 spiro atoms. The van der Waals surface area contributed by atoms with E-state index >= 15 is 0 Å². The molecule has 1 heterocycles. The van der Waals surface area contributed by atoms with Gasteiger partial charge in [-0.25, -0.2) is 0 Å². The minimum absolute atomic E-state index is 0.0172. The van der Waals surface area contributed by atoms with Gasteiger partial charge >= 0.3 is 0 Å². The van der Waals surface area contributed by atoms with Crippen LogP contribution in [-0.2, 0) is 0 Å². The highest BCUT2D eigenvalue weighted by atomic mass is 16.3. The molecule has 1 amide bonds. The van der Waals surface area contributed by atoms with E-state index < -0.39 is 0 Å².